The van der Waals surface area contributed by atoms with Crippen LogP contribution in [0.3, 0.4) is 0 Å². The van der Waals surface area contributed by atoms with E-state index in [1.54, 1.807) is 6.92 Å². The third kappa shape index (κ3) is 3.84. The molecule has 0 radical (unpaired) electrons. The fourth-order valence-corrected chi connectivity index (χ4v) is 5.43. The van der Waals surface area contributed by atoms with Crippen molar-refractivity contribution in [2.24, 2.45) is 0 Å². The van der Waals surface area contributed by atoms with Crippen molar-refractivity contribution in [3.05, 3.63) is 41.3 Å². The first kappa shape index (κ1) is 20.9. The Bertz CT molecular complexity index is 1040. The van der Waals surface area contributed by atoms with Crippen molar-refractivity contribution in [1.82, 2.24) is 19.8 Å². The Morgan fingerprint density at radius 3 is 2.57 bits per heavy atom. The molecule has 2 aliphatic rings. The highest BCUT2D eigenvalue weighted by Gasteiger charge is 2.41. The first-order chi connectivity index (χ1) is 14.3. The van der Waals surface area contributed by atoms with Gasteiger partial charge in [-0.05, 0) is 31.0 Å². The van der Waals surface area contributed by atoms with Crippen LogP contribution in [0.25, 0.3) is 0 Å². The van der Waals surface area contributed by atoms with Crippen molar-refractivity contribution in [1.29, 1.82) is 0 Å². The minimum Gasteiger partial charge on any atom is -0.379 e. The van der Waals surface area contributed by atoms with Crippen LogP contribution in [0, 0.1) is 12.7 Å². The molecule has 1 saturated carbocycles. The van der Waals surface area contributed by atoms with E-state index in [2.05, 4.69) is 15.5 Å². The number of sulfonamides is 1. The lowest BCUT2D eigenvalue weighted by Gasteiger charge is -2.27. The van der Waals surface area contributed by atoms with Gasteiger partial charge in [-0.25, -0.2) is 12.8 Å². The lowest BCUT2D eigenvalue weighted by atomic mass is 9.96. The highest BCUT2D eigenvalue weighted by atomic mass is 32.2. The van der Waals surface area contributed by atoms with Crippen LogP contribution in [-0.2, 0) is 20.3 Å². The summed E-state index contributed by atoms with van der Waals surface area (Å²) >= 11 is 0. The van der Waals surface area contributed by atoms with E-state index < -0.39 is 32.2 Å². The normalized spacial score (nSPS) is 19.7. The first-order valence-corrected chi connectivity index (χ1v) is 11.3. The fourth-order valence-electron chi connectivity index (χ4n) is 3.93. The van der Waals surface area contributed by atoms with Gasteiger partial charge in [0.1, 0.15) is 16.3 Å². The maximum Gasteiger partial charge on any atom is 0.252 e. The lowest BCUT2D eigenvalue weighted by Crippen LogP contribution is -2.45. The Labute approximate surface area is 173 Å². The van der Waals surface area contributed by atoms with Crippen molar-refractivity contribution in [3.63, 3.8) is 0 Å². The quantitative estimate of drug-likeness (QED) is 0.756. The minimum absolute atomic E-state index is 0.0507. The van der Waals surface area contributed by atoms with Gasteiger partial charge >= 0.3 is 0 Å². The van der Waals surface area contributed by atoms with Crippen molar-refractivity contribution in [2.75, 3.05) is 26.3 Å². The van der Waals surface area contributed by atoms with Gasteiger partial charge in [0.2, 0.25) is 15.9 Å². The minimum atomic E-state index is -4.08. The number of rotatable bonds is 5. The van der Waals surface area contributed by atoms with E-state index in [1.165, 1.54) is 6.07 Å². The smallest absolute Gasteiger partial charge is 0.252 e. The van der Waals surface area contributed by atoms with E-state index in [4.69, 9.17) is 9.26 Å². The van der Waals surface area contributed by atoms with E-state index in [1.807, 2.05) is 0 Å². The number of benzene rings is 1. The zero-order valence-corrected chi connectivity index (χ0v) is 17.4. The maximum absolute atomic E-state index is 14.4. The summed E-state index contributed by atoms with van der Waals surface area (Å²) in [6, 6.07) is 3.36. The van der Waals surface area contributed by atoms with E-state index in [0.29, 0.717) is 24.6 Å². The number of amides is 1. The largest absolute Gasteiger partial charge is 0.379 e. The second-order valence-electron chi connectivity index (χ2n) is 7.54. The average molecular weight is 438 g/mol. The highest BCUT2D eigenvalue weighted by molar-refractivity contribution is 7.89. The number of carbonyl (C=O) groups excluding carboxylic acids is 1. The molecule has 1 amide bonds. The summed E-state index contributed by atoms with van der Waals surface area (Å²) in [6.07, 6.45) is 3.04. The Kier molecular flexibility index (Phi) is 5.60. The van der Waals surface area contributed by atoms with E-state index in [-0.39, 0.29) is 31.9 Å². The third-order valence-electron chi connectivity index (χ3n) is 5.55. The molecule has 1 aliphatic carbocycles. The number of hydrogen-bond acceptors (Lipinski definition) is 7. The van der Waals surface area contributed by atoms with Crippen LogP contribution in [0.2, 0.25) is 0 Å². The SMILES string of the molecule is Cc1nc(C2(NC(=O)c3ccc(F)c(S(=O)(=O)N4CCOCC4)c3)CCCC2)no1. The molecule has 30 heavy (non-hydrogen) atoms. The van der Waals surface area contributed by atoms with E-state index >= 15 is 0 Å². The van der Waals surface area contributed by atoms with Crippen LogP contribution in [-0.4, -0.2) is 55.1 Å². The summed E-state index contributed by atoms with van der Waals surface area (Å²) in [7, 11) is -4.08. The Balaban J connectivity index is 1.62. The number of hydrogen-bond donors (Lipinski definition) is 1. The van der Waals surface area contributed by atoms with Crippen molar-refractivity contribution < 1.29 is 26.9 Å². The second-order valence-corrected chi connectivity index (χ2v) is 9.45. The Morgan fingerprint density at radius 1 is 1.23 bits per heavy atom. The molecule has 1 aliphatic heterocycles. The molecule has 162 valence electrons. The van der Waals surface area contributed by atoms with Crippen molar-refractivity contribution in [2.45, 2.75) is 43.0 Å². The fraction of sp³-hybridized carbons (Fsp3) is 0.526. The summed E-state index contributed by atoms with van der Waals surface area (Å²) < 4.78 is 51.6. The van der Waals surface area contributed by atoms with Crippen LogP contribution < -0.4 is 5.32 Å². The summed E-state index contributed by atoms with van der Waals surface area (Å²) in [5.41, 5.74) is -0.735. The maximum atomic E-state index is 14.4. The molecule has 0 unspecified atom stereocenters. The molecule has 1 saturated heterocycles. The van der Waals surface area contributed by atoms with Gasteiger partial charge in [-0.15, -0.1) is 0 Å². The van der Waals surface area contributed by atoms with E-state index in [0.717, 1.165) is 29.3 Å². The Morgan fingerprint density at radius 2 is 1.93 bits per heavy atom. The molecule has 11 heteroatoms. The van der Waals surface area contributed by atoms with Gasteiger partial charge in [-0.1, -0.05) is 18.0 Å². The molecule has 0 bridgehead atoms. The summed E-state index contributed by atoms with van der Waals surface area (Å²) in [4.78, 5) is 16.8. The van der Waals surface area contributed by atoms with Gasteiger partial charge in [-0.3, -0.25) is 4.79 Å². The third-order valence-corrected chi connectivity index (χ3v) is 7.46. The topological polar surface area (TPSA) is 115 Å². The van der Waals surface area contributed by atoms with Gasteiger partial charge in [-0.2, -0.15) is 9.29 Å². The zero-order chi connectivity index (χ0) is 21.4. The monoisotopic (exact) mass is 438 g/mol. The second kappa shape index (κ2) is 8.05. The van der Waals surface area contributed by atoms with Gasteiger partial charge in [0.05, 0.1) is 13.2 Å². The molecule has 0 atom stereocenters. The van der Waals surface area contributed by atoms with Gasteiger partial charge in [0.25, 0.3) is 5.91 Å². The number of morpholine rings is 1. The number of aromatic nitrogens is 2. The van der Waals surface area contributed by atoms with Crippen LogP contribution in [0.4, 0.5) is 4.39 Å². The number of ether oxygens (including phenoxy) is 1. The summed E-state index contributed by atoms with van der Waals surface area (Å²) in [6.45, 7) is 2.43. The molecule has 1 aromatic carbocycles. The van der Waals surface area contributed by atoms with Crippen LogP contribution >= 0.6 is 0 Å². The van der Waals surface area contributed by atoms with Gasteiger partial charge < -0.3 is 14.6 Å². The number of halogens is 1. The van der Waals surface area contributed by atoms with Crippen LogP contribution in [0.15, 0.2) is 27.6 Å². The summed E-state index contributed by atoms with van der Waals surface area (Å²) in [5.74, 6) is -0.625. The van der Waals surface area contributed by atoms with Gasteiger partial charge in [0.15, 0.2) is 5.82 Å². The molecular weight excluding hydrogens is 415 g/mol. The number of nitrogens with zero attached hydrogens (tertiary/aromatic N) is 3. The van der Waals surface area contributed by atoms with Crippen LogP contribution in [0.1, 0.15) is 47.8 Å². The summed E-state index contributed by atoms with van der Waals surface area (Å²) in [5, 5.41) is 6.91. The molecule has 1 aromatic heterocycles. The molecule has 2 aromatic rings. The zero-order valence-electron chi connectivity index (χ0n) is 16.6. The number of carbonyl (C=O) groups is 1. The molecule has 2 heterocycles. The van der Waals surface area contributed by atoms with E-state index in [9.17, 15) is 17.6 Å². The molecule has 9 nitrogen and oxygen atoms in total. The standard InChI is InChI=1S/C19H23FN4O5S/c1-13-21-18(23-29-13)19(6-2-3-7-19)22-17(25)14-4-5-15(20)16(12-14)30(26,27)24-8-10-28-11-9-24/h4-5,12H,2-3,6-11H2,1H3,(H,22,25). The van der Waals surface area contributed by atoms with Crippen molar-refractivity contribution >= 4 is 15.9 Å². The number of nitrogens with one attached hydrogen (secondary N) is 1. The first-order valence-electron chi connectivity index (χ1n) is 9.83. The van der Waals surface area contributed by atoms with Crippen molar-refractivity contribution in [3.8, 4) is 0 Å². The Hall–Kier alpha value is -2.37. The predicted molar refractivity (Wildman–Crippen MR) is 103 cm³/mol. The molecule has 0 spiro atoms. The highest BCUT2D eigenvalue weighted by Crippen LogP contribution is 2.37. The lowest BCUT2D eigenvalue weighted by molar-refractivity contribution is 0.0729. The average Bonchev–Trinajstić information content (AvgIpc) is 3.39. The van der Waals surface area contributed by atoms with Gasteiger partial charge in [0, 0.05) is 25.6 Å². The molecular formula is C19H23FN4O5S. The molecule has 2 fully saturated rings. The molecule has 4 rings (SSSR count). The van der Waals surface area contributed by atoms with Crippen LogP contribution in [0.5, 0.6) is 0 Å². The predicted octanol–water partition coefficient (Wildman–Crippen LogP) is 1.74. The number of aryl methyl sites for hydroxylation is 1. The molecule has 1 N–H and O–H groups in total.